The van der Waals surface area contributed by atoms with Crippen LogP contribution >= 0.6 is 15.9 Å². The van der Waals surface area contributed by atoms with Gasteiger partial charge in [-0.25, -0.2) is 4.68 Å². The lowest BCUT2D eigenvalue weighted by Gasteiger charge is -2.31. The van der Waals surface area contributed by atoms with Crippen LogP contribution in [0.5, 0.6) is 5.75 Å². The normalized spacial score (nSPS) is 22.1. The summed E-state index contributed by atoms with van der Waals surface area (Å²) in [5.74, 6) is 0.928. The van der Waals surface area contributed by atoms with E-state index in [0.717, 1.165) is 45.6 Å². The Morgan fingerprint density at radius 1 is 1.26 bits per heavy atom. The maximum absolute atomic E-state index is 12.2. The first-order valence-electron chi connectivity index (χ1n) is 10.6. The van der Waals surface area contributed by atoms with Crippen molar-refractivity contribution < 1.29 is 14.3 Å². The first-order chi connectivity index (χ1) is 14.9. The molecule has 5 rings (SSSR count). The Hall–Kier alpha value is -2.67. The Balaban J connectivity index is 1.44. The highest BCUT2D eigenvalue weighted by Crippen LogP contribution is 2.49. The van der Waals surface area contributed by atoms with E-state index in [1.54, 1.807) is 10.9 Å². The van der Waals surface area contributed by atoms with Crippen LogP contribution < -0.4 is 4.74 Å². The maximum Gasteiger partial charge on any atom is 0.309 e. The molecule has 1 saturated heterocycles. The van der Waals surface area contributed by atoms with Crippen LogP contribution in [0.15, 0.2) is 41.0 Å². The highest BCUT2D eigenvalue weighted by molar-refractivity contribution is 9.10. The number of rotatable bonds is 4. The molecule has 0 unspecified atom stereocenters. The molecule has 0 bridgehead atoms. The molecule has 7 heteroatoms. The summed E-state index contributed by atoms with van der Waals surface area (Å²) in [6.07, 6.45) is 3.52. The standard InChI is InChI=1S/C24H24BrN3O3/c1-13-10-21(15(3)22-19(13)8-9-20-14(2)24(29)31-23(20)22)30-12-18-11-26-27-28(18)17-6-4-16(25)5-7-17/h4-7,10-11,14,20,23H,8-9,12H2,1-3H3/t14-,20-,23+/m0/s1. The Morgan fingerprint density at radius 3 is 2.81 bits per heavy atom. The van der Waals surface area contributed by atoms with Gasteiger partial charge in [0, 0.05) is 16.0 Å². The molecule has 31 heavy (non-hydrogen) atoms. The summed E-state index contributed by atoms with van der Waals surface area (Å²) in [5.41, 5.74) is 6.46. The van der Waals surface area contributed by atoms with E-state index in [-0.39, 0.29) is 23.9 Å². The number of ether oxygens (including phenoxy) is 2. The zero-order valence-electron chi connectivity index (χ0n) is 17.8. The van der Waals surface area contributed by atoms with Crippen LogP contribution in [0.1, 0.15) is 47.4 Å². The monoisotopic (exact) mass is 481 g/mol. The van der Waals surface area contributed by atoms with Gasteiger partial charge in [0.15, 0.2) is 0 Å². The van der Waals surface area contributed by atoms with Crippen molar-refractivity contribution in [3.05, 3.63) is 68.9 Å². The van der Waals surface area contributed by atoms with E-state index in [1.807, 2.05) is 31.2 Å². The van der Waals surface area contributed by atoms with Gasteiger partial charge >= 0.3 is 5.97 Å². The molecule has 2 aliphatic rings. The van der Waals surface area contributed by atoms with Gasteiger partial charge < -0.3 is 9.47 Å². The van der Waals surface area contributed by atoms with Gasteiger partial charge in [0.1, 0.15) is 24.2 Å². The third-order valence-corrected chi connectivity index (χ3v) is 7.18. The van der Waals surface area contributed by atoms with Gasteiger partial charge in [0.05, 0.1) is 17.8 Å². The van der Waals surface area contributed by atoms with Crippen LogP contribution in [-0.4, -0.2) is 21.0 Å². The lowest BCUT2D eigenvalue weighted by Crippen LogP contribution is -2.22. The summed E-state index contributed by atoms with van der Waals surface area (Å²) in [6, 6.07) is 10.00. The van der Waals surface area contributed by atoms with Crippen molar-refractivity contribution in [3.8, 4) is 11.4 Å². The number of carbonyl (C=O) groups is 1. The Kier molecular flexibility index (Phi) is 5.08. The number of halogens is 1. The molecular weight excluding hydrogens is 458 g/mol. The Labute approximate surface area is 189 Å². The lowest BCUT2D eigenvalue weighted by atomic mass is 9.74. The molecule has 1 fully saturated rings. The Bertz CT molecular complexity index is 1160. The van der Waals surface area contributed by atoms with Crippen molar-refractivity contribution in [3.63, 3.8) is 0 Å². The zero-order valence-corrected chi connectivity index (χ0v) is 19.3. The summed E-state index contributed by atoms with van der Waals surface area (Å²) in [6.45, 7) is 6.50. The number of carbonyl (C=O) groups excluding carboxylic acids is 1. The minimum Gasteiger partial charge on any atom is -0.487 e. The van der Waals surface area contributed by atoms with Crippen LogP contribution in [0.2, 0.25) is 0 Å². The van der Waals surface area contributed by atoms with Crippen LogP contribution in [-0.2, 0) is 22.6 Å². The molecule has 160 valence electrons. The van der Waals surface area contributed by atoms with E-state index in [2.05, 4.69) is 46.2 Å². The molecule has 0 N–H and O–H groups in total. The first-order valence-corrected chi connectivity index (χ1v) is 11.3. The predicted octanol–water partition coefficient (Wildman–Crippen LogP) is 5.02. The molecule has 3 atom stereocenters. The van der Waals surface area contributed by atoms with Crippen molar-refractivity contribution >= 4 is 21.9 Å². The second kappa shape index (κ2) is 7.79. The molecule has 2 heterocycles. The number of benzene rings is 2. The van der Waals surface area contributed by atoms with Crippen LogP contribution in [0.3, 0.4) is 0 Å². The van der Waals surface area contributed by atoms with Crippen molar-refractivity contribution in [1.29, 1.82) is 0 Å². The second-order valence-electron chi connectivity index (χ2n) is 8.46. The fraction of sp³-hybridized carbons (Fsp3) is 0.375. The van der Waals surface area contributed by atoms with Crippen molar-refractivity contribution in [2.24, 2.45) is 11.8 Å². The number of fused-ring (bicyclic) bond motifs is 3. The predicted molar refractivity (Wildman–Crippen MR) is 119 cm³/mol. The first kappa shape index (κ1) is 20.2. The molecule has 3 aromatic rings. The lowest BCUT2D eigenvalue weighted by molar-refractivity contribution is -0.144. The van der Waals surface area contributed by atoms with Gasteiger partial charge in [-0.3, -0.25) is 4.79 Å². The smallest absolute Gasteiger partial charge is 0.309 e. The second-order valence-corrected chi connectivity index (χ2v) is 9.38. The minimum atomic E-state index is -0.163. The number of nitrogens with zero attached hydrogens (tertiary/aromatic N) is 3. The fourth-order valence-electron chi connectivity index (χ4n) is 4.88. The summed E-state index contributed by atoms with van der Waals surface area (Å²) >= 11 is 3.46. The highest BCUT2D eigenvalue weighted by atomic mass is 79.9. The summed E-state index contributed by atoms with van der Waals surface area (Å²) in [5, 5.41) is 8.28. The molecule has 0 radical (unpaired) electrons. The molecule has 6 nitrogen and oxygen atoms in total. The molecule has 1 aliphatic heterocycles. The van der Waals surface area contributed by atoms with Gasteiger partial charge in [-0.1, -0.05) is 28.1 Å². The number of hydrogen-bond acceptors (Lipinski definition) is 5. The number of hydrogen-bond donors (Lipinski definition) is 0. The van der Waals surface area contributed by atoms with Crippen molar-refractivity contribution in [2.75, 3.05) is 0 Å². The SMILES string of the molecule is Cc1cc(OCc2cnnn2-c2ccc(Br)cc2)c(C)c2c1CC[C@H]1[C@H](C)C(=O)O[C@@H]21. The van der Waals surface area contributed by atoms with Crippen LogP contribution in [0.25, 0.3) is 5.69 Å². The van der Waals surface area contributed by atoms with E-state index in [9.17, 15) is 4.79 Å². The summed E-state index contributed by atoms with van der Waals surface area (Å²) in [4.78, 5) is 12.2. The number of aromatic nitrogens is 3. The zero-order chi connectivity index (χ0) is 21.7. The number of esters is 1. The summed E-state index contributed by atoms with van der Waals surface area (Å²) < 4.78 is 14.9. The van der Waals surface area contributed by atoms with Crippen LogP contribution in [0.4, 0.5) is 0 Å². The molecule has 1 aromatic heterocycles. The third kappa shape index (κ3) is 3.45. The quantitative estimate of drug-likeness (QED) is 0.489. The maximum atomic E-state index is 12.2. The van der Waals surface area contributed by atoms with Gasteiger partial charge in [-0.2, -0.15) is 0 Å². The van der Waals surface area contributed by atoms with E-state index in [0.29, 0.717) is 6.61 Å². The van der Waals surface area contributed by atoms with Crippen molar-refractivity contribution in [1.82, 2.24) is 15.0 Å². The van der Waals surface area contributed by atoms with Crippen LogP contribution in [0, 0.1) is 25.7 Å². The molecule has 0 spiro atoms. The highest BCUT2D eigenvalue weighted by Gasteiger charge is 2.46. The topological polar surface area (TPSA) is 66.2 Å². The van der Waals surface area contributed by atoms with Crippen molar-refractivity contribution in [2.45, 2.75) is 46.3 Å². The number of aryl methyl sites for hydroxylation is 1. The average Bonchev–Trinajstić information content (AvgIpc) is 3.34. The third-order valence-electron chi connectivity index (χ3n) is 6.65. The molecule has 1 aliphatic carbocycles. The molecule has 0 saturated carbocycles. The van der Waals surface area contributed by atoms with E-state index < -0.39 is 0 Å². The molecule has 2 aromatic carbocycles. The largest absolute Gasteiger partial charge is 0.487 e. The minimum absolute atomic E-state index is 0.0474. The summed E-state index contributed by atoms with van der Waals surface area (Å²) in [7, 11) is 0. The Morgan fingerprint density at radius 2 is 2.03 bits per heavy atom. The average molecular weight is 482 g/mol. The van der Waals surface area contributed by atoms with E-state index >= 15 is 0 Å². The molecule has 0 amide bonds. The van der Waals surface area contributed by atoms with Gasteiger partial charge in [-0.05, 0) is 73.7 Å². The fourth-order valence-corrected chi connectivity index (χ4v) is 5.14. The van der Waals surface area contributed by atoms with Gasteiger partial charge in [-0.15, -0.1) is 5.10 Å². The van der Waals surface area contributed by atoms with E-state index in [1.165, 1.54) is 11.1 Å². The van der Waals surface area contributed by atoms with E-state index in [4.69, 9.17) is 9.47 Å². The molecular formula is C24H24BrN3O3. The van der Waals surface area contributed by atoms with Gasteiger partial charge in [0.25, 0.3) is 0 Å². The van der Waals surface area contributed by atoms with Gasteiger partial charge in [0.2, 0.25) is 0 Å².